The average molecular weight is 414 g/mol. The van der Waals surface area contributed by atoms with Crippen LogP contribution in [0.2, 0.25) is 10.0 Å². The summed E-state index contributed by atoms with van der Waals surface area (Å²) in [5.41, 5.74) is 9.26. The molecule has 2 N–H and O–H groups in total. The molecule has 1 aliphatic rings. The molecule has 0 fully saturated rings. The first-order valence-electron chi connectivity index (χ1n) is 7.19. The van der Waals surface area contributed by atoms with E-state index in [2.05, 4.69) is 15.9 Å². The fourth-order valence-electron chi connectivity index (χ4n) is 2.76. The molecule has 1 aliphatic heterocycles. The van der Waals surface area contributed by atoms with Gasteiger partial charge in [0.2, 0.25) is 5.91 Å². The third-order valence-corrected chi connectivity index (χ3v) is 5.05. The number of hydrogen-bond donors (Lipinski definition) is 1. The van der Waals surface area contributed by atoms with Crippen LogP contribution in [-0.4, -0.2) is 16.8 Å². The third kappa shape index (κ3) is 3.72. The van der Waals surface area contributed by atoms with Gasteiger partial charge in [-0.25, -0.2) is 0 Å². The van der Waals surface area contributed by atoms with Crippen molar-refractivity contribution >= 4 is 45.0 Å². The SMILES string of the molecule is NC(Cc1ccc(Cl)cc1Cl)C(=O)N1Cc2ccc(Br)cc2C1. The molecule has 0 saturated heterocycles. The van der Waals surface area contributed by atoms with E-state index < -0.39 is 6.04 Å². The number of halogens is 3. The highest BCUT2D eigenvalue weighted by molar-refractivity contribution is 9.10. The van der Waals surface area contributed by atoms with Crippen LogP contribution in [0.3, 0.4) is 0 Å². The molecule has 1 atom stereocenters. The predicted octanol–water partition coefficient (Wildman–Crippen LogP) is 4.17. The molecule has 3 rings (SSSR count). The zero-order valence-electron chi connectivity index (χ0n) is 12.2. The van der Waals surface area contributed by atoms with Gasteiger partial charge in [0.15, 0.2) is 0 Å². The van der Waals surface area contributed by atoms with Crippen LogP contribution in [0.1, 0.15) is 16.7 Å². The van der Waals surface area contributed by atoms with Gasteiger partial charge in [-0.3, -0.25) is 4.79 Å². The molecule has 120 valence electrons. The molecule has 1 heterocycles. The van der Waals surface area contributed by atoms with Gasteiger partial charge in [-0.05, 0) is 47.4 Å². The van der Waals surface area contributed by atoms with Crippen LogP contribution >= 0.6 is 39.1 Å². The van der Waals surface area contributed by atoms with E-state index in [9.17, 15) is 4.79 Å². The number of nitrogens with two attached hydrogens (primary N) is 1. The van der Waals surface area contributed by atoms with Crippen molar-refractivity contribution in [3.05, 3.63) is 67.6 Å². The van der Waals surface area contributed by atoms with Gasteiger partial charge in [0.25, 0.3) is 0 Å². The minimum atomic E-state index is -0.619. The quantitative estimate of drug-likeness (QED) is 0.820. The highest BCUT2D eigenvalue weighted by atomic mass is 79.9. The number of benzene rings is 2. The van der Waals surface area contributed by atoms with Crippen molar-refractivity contribution in [2.45, 2.75) is 25.6 Å². The first kappa shape index (κ1) is 16.8. The van der Waals surface area contributed by atoms with E-state index in [1.165, 1.54) is 5.56 Å². The van der Waals surface area contributed by atoms with Gasteiger partial charge in [-0.1, -0.05) is 51.3 Å². The van der Waals surface area contributed by atoms with Crippen molar-refractivity contribution in [1.29, 1.82) is 0 Å². The van der Waals surface area contributed by atoms with Crippen molar-refractivity contribution in [2.75, 3.05) is 0 Å². The summed E-state index contributed by atoms with van der Waals surface area (Å²) in [6.45, 7) is 1.19. The van der Waals surface area contributed by atoms with Crippen molar-refractivity contribution < 1.29 is 4.79 Å². The predicted molar refractivity (Wildman–Crippen MR) is 96.5 cm³/mol. The highest BCUT2D eigenvalue weighted by Gasteiger charge is 2.27. The number of hydrogen-bond acceptors (Lipinski definition) is 2. The summed E-state index contributed by atoms with van der Waals surface area (Å²) in [6, 6.07) is 10.7. The minimum absolute atomic E-state index is 0.0664. The Bertz CT molecular complexity index is 766. The lowest BCUT2D eigenvalue weighted by molar-refractivity contribution is -0.133. The molecule has 0 aromatic heterocycles. The number of nitrogens with zero attached hydrogens (tertiary/aromatic N) is 1. The Morgan fingerprint density at radius 3 is 2.65 bits per heavy atom. The summed E-state index contributed by atoms with van der Waals surface area (Å²) in [7, 11) is 0. The fourth-order valence-corrected chi connectivity index (χ4v) is 3.66. The third-order valence-electron chi connectivity index (χ3n) is 3.97. The largest absolute Gasteiger partial charge is 0.333 e. The monoisotopic (exact) mass is 412 g/mol. The molecule has 2 aromatic carbocycles. The van der Waals surface area contributed by atoms with E-state index in [-0.39, 0.29) is 5.91 Å². The lowest BCUT2D eigenvalue weighted by atomic mass is 10.1. The van der Waals surface area contributed by atoms with Crippen molar-refractivity contribution in [2.24, 2.45) is 5.73 Å². The zero-order chi connectivity index (χ0) is 16.6. The van der Waals surface area contributed by atoms with Crippen LogP contribution in [0.15, 0.2) is 40.9 Å². The van der Waals surface area contributed by atoms with E-state index in [4.69, 9.17) is 28.9 Å². The Hall–Kier alpha value is -1.07. The minimum Gasteiger partial charge on any atom is -0.333 e. The normalized spacial score (nSPS) is 14.7. The summed E-state index contributed by atoms with van der Waals surface area (Å²) < 4.78 is 1.02. The van der Waals surface area contributed by atoms with Gasteiger partial charge >= 0.3 is 0 Å². The first-order valence-corrected chi connectivity index (χ1v) is 8.74. The molecular formula is C17H15BrCl2N2O. The van der Waals surface area contributed by atoms with Gasteiger partial charge in [0.1, 0.15) is 0 Å². The standard InChI is InChI=1S/C17H15BrCl2N2O/c18-13-3-1-11-8-22(9-12(11)5-13)17(23)16(21)6-10-2-4-14(19)7-15(10)20/h1-5,7,16H,6,8-9,21H2. The van der Waals surface area contributed by atoms with Crippen molar-refractivity contribution in [3.8, 4) is 0 Å². The maximum absolute atomic E-state index is 12.6. The summed E-state index contributed by atoms with van der Waals surface area (Å²) in [5, 5.41) is 1.11. The number of amides is 1. The summed E-state index contributed by atoms with van der Waals surface area (Å²) in [4.78, 5) is 14.4. The summed E-state index contributed by atoms with van der Waals surface area (Å²) in [5.74, 6) is -0.0664. The smallest absolute Gasteiger partial charge is 0.240 e. The molecule has 1 unspecified atom stereocenters. The van der Waals surface area contributed by atoms with Crippen molar-refractivity contribution in [3.63, 3.8) is 0 Å². The van der Waals surface area contributed by atoms with Gasteiger partial charge in [-0.2, -0.15) is 0 Å². The number of rotatable bonds is 3. The highest BCUT2D eigenvalue weighted by Crippen LogP contribution is 2.27. The van der Waals surface area contributed by atoms with Crippen LogP contribution in [0.4, 0.5) is 0 Å². The van der Waals surface area contributed by atoms with Crippen LogP contribution in [0, 0.1) is 0 Å². The van der Waals surface area contributed by atoms with Crippen LogP contribution in [-0.2, 0) is 24.3 Å². The van der Waals surface area contributed by atoms with Gasteiger partial charge in [0, 0.05) is 27.6 Å². The van der Waals surface area contributed by atoms with Gasteiger partial charge in [0.05, 0.1) is 6.04 Å². The molecule has 1 amide bonds. The fraction of sp³-hybridized carbons (Fsp3) is 0.235. The topological polar surface area (TPSA) is 46.3 Å². The molecule has 23 heavy (non-hydrogen) atoms. The van der Waals surface area contributed by atoms with E-state index in [0.29, 0.717) is 29.6 Å². The Balaban J connectivity index is 1.69. The first-order chi connectivity index (χ1) is 10.9. The maximum Gasteiger partial charge on any atom is 0.240 e. The molecule has 0 aliphatic carbocycles. The molecule has 0 bridgehead atoms. The Labute approximate surface area is 153 Å². The second-order valence-corrected chi connectivity index (χ2v) is 7.41. The van der Waals surface area contributed by atoms with Gasteiger partial charge in [-0.15, -0.1) is 0 Å². The number of fused-ring (bicyclic) bond motifs is 1. The van der Waals surface area contributed by atoms with E-state index in [1.54, 1.807) is 17.0 Å². The Morgan fingerprint density at radius 1 is 1.17 bits per heavy atom. The zero-order valence-corrected chi connectivity index (χ0v) is 15.3. The molecule has 2 aromatic rings. The number of carbonyl (C=O) groups excluding carboxylic acids is 1. The Kier molecular flexibility index (Phi) is 4.97. The molecule has 6 heteroatoms. The van der Waals surface area contributed by atoms with Crippen LogP contribution in [0.5, 0.6) is 0 Å². The number of carbonyl (C=O) groups is 1. The summed E-state index contributed by atoms with van der Waals surface area (Å²) >= 11 is 15.5. The maximum atomic E-state index is 12.6. The molecule has 0 radical (unpaired) electrons. The molecular weight excluding hydrogens is 399 g/mol. The van der Waals surface area contributed by atoms with E-state index >= 15 is 0 Å². The summed E-state index contributed by atoms with van der Waals surface area (Å²) in [6.07, 6.45) is 0.394. The van der Waals surface area contributed by atoms with E-state index in [1.807, 2.05) is 24.3 Å². The molecule has 0 saturated carbocycles. The van der Waals surface area contributed by atoms with Crippen LogP contribution in [0.25, 0.3) is 0 Å². The molecule has 0 spiro atoms. The molecule has 3 nitrogen and oxygen atoms in total. The van der Waals surface area contributed by atoms with Crippen molar-refractivity contribution in [1.82, 2.24) is 4.90 Å². The second kappa shape index (κ2) is 6.81. The van der Waals surface area contributed by atoms with E-state index in [0.717, 1.165) is 15.6 Å². The lowest BCUT2D eigenvalue weighted by Crippen LogP contribution is -2.42. The van der Waals surface area contributed by atoms with Gasteiger partial charge < -0.3 is 10.6 Å². The van der Waals surface area contributed by atoms with Crippen LogP contribution < -0.4 is 5.73 Å². The Morgan fingerprint density at radius 2 is 1.91 bits per heavy atom. The lowest BCUT2D eigenvalue weighted by Gasteiger charge is -2.20. The second-order valence-electron chi connectivity index (χ2n) is 5.65. The average Bonchev–Trinajstić information content (AvgIpc) is 2.92.